The lowest BCUT2D eigenvalue weighted by molar-refractivity contribution is 0.621. The van der Waals surface area contributed by atoms with E-state index in [1.54, 1.807) is 7.05 Å². The molecule has 0 bridgehead atoms. The number of rotatable bonds is 3. The van der Waals surface area contributed by atoms with Crippen LogP contribution in [-0.2, 0) is 20.5 Å². The molecule has 7 heteroatoms. The van der Waals surface area contributed by atoms with E-state index in [0.29, 0.717) is 12.2 Å². The van der Waals surface area contributed by atoms with Crippen molar-refractivity contribution < 1.29 is 0 Å². The van der Waals surface area contributed by atoms with E-state index in [9.17, 15) is 0 Å². The van der Waals surface area contributed by atoms with Gasteiger partial charge in [-0.05, 0) is 19.1 Å². The monoisotopic (exact) mass is 235 g/mol. The molecule has 2 rings (SSSR count). The summed E-state index contributed by atoms with van der Waals surface area (Å²) < 4.78 is 1.84. The molecule has 2 aromatic heterocycles. The van der Waals surface area contributed by atoms with E-state index in [1.807, 2.05) is 25.6 Å². The molecule has 0 saturated heterocycles. The second-order valence-corrected chi connectivity index (χ2v) is 4.21. The number of nitrogens with zero attached hydrogens (tertiary/aromatic N) is 6. The maximum Gasteiger partial charge on any atom is 0.176 e. The summed E-state index contributed by atoms with van der Waals surface area (Å²) in [6.45, 7) is 3.98. The van der Waals surface area contributed by atoms with Crippen LogP contribution in [0.3, 0.4) is 0 Å². The van der Waals surface area contributed by atoms with Crippen molar-refractivity contribution in [1.82, 2.24) is 30.0 Å². The largest absolute Gasteiger partial charge is 0.323 e. The van der Waals surface area contributed by atoms with Gasteiger partial charge in [-0.2, -0.15) is 9.90 Å². The molecule has 0 spiro atoms. The van der Waals surface area contributed by atoms with Crippen LogP contribution in [0.1, 0.15) is 28.8 Å². The Morgan fingerprint density at radius 1 is 1.24 bits per heavy atom. The summed E-state index contributed by atoms with van der Waals surface area (Å²) in [6.07, 6.45) is 0.571. The smallest absolute Gasteiger partial charge is 0.176 e. The Kier molecular flexibility index (Phi) is 2.93. The van der Waals surface area contributed by atoms with Gasteiger partial charge in [0.05, 0.1) is 12.7 Å². The molecule has 0 aliphatic carbocycles. The van der Waals surface area contributed by atoms with Crippen molar-refractivity contribution in [1.29, 1.82) is 0 Å². The lowest BCUT2D eigenvalue weighted by Gasteiger charge is -2.09. The average Bonchev–Trinajstić information content (AvgIpc) is 2.73. The summed E-state index contributed by atoms with van der Waals surface area (Å²) >= 11 is 0. The van der Waals surface area contributed by atoms with Crippen molar-refractivity contribution >= 4 is 0 Å². The molecule has 0 radical (unpaired) electrons. The first-order valence-electron chi connectivity index (χ1n) is 5.47. The normalized spacial score (nSPS) is 13.0. The molecule has 1 unspecified atom stereocenters. The van der Waals surface area contributed by atoms with Gasteiger partial charge in [-0.25, -0.2) is 0 Å². The molecule has 1 atom stereocenters. The topological polar surface area (TPSA) is 87.4 Å². The first-order valence-corrected chi connectivity index (χ1v) is 5.47. The highest BCUT2D eigenvalue weighted by Crippen LogP contribution is 2.21. The molecule has 7 nitrogen and oxygen atoms in total. The number of nitrogens with two attached hydrogens (primary N) is 1. The third kappa shape index (κ3) is 2.19. The van der Waals surface area contributed by atoms with Gasteiger partial charge in [0, 0.05) is 30.8 Å². The third-order valence-corrected chi connectivity index (χ3v) is 2.89. The predicted octanol–water partition coefficient (Wildman–Crippen LogP) is -0.197. The van der Waals surface area contributed by atoms with Crippen LogP contribution in [0.15, 0.2) is 0 Å². The molecule has 0 aliphatic rings. The Morgan fingerprint density at radius 3 is 2.41 bits per heavy atom. The minimum Gasteiger partial charge on any atom is -0.323 e. The van der Waals surface area contributed by atoms with Gasteiger partial charge in [0.1, 0.15) is 0 Å². The predicted molar refractivity (Wildman–Crippen MR) is 62.1 cm³/mol. The van der Waals surface area contributed by atoms with Gasteiger partial charge in [-0.1, -0.05) is 0 Å². The molecule has 0 amide bonds. The van der Waals surface area contributed by atoms with E-state index in [0.717, 1.165) is 17.0 Å². The standard InChI is InChI=1S/C10H17N7/c1-6-10(7(2)16(3)13-6)8(11)5-9-12-15-17(4)14-9/h8H,5,11H2,1-4H3. The summed E-state index contributed by atoms with van der Waals surface area (Å²) in [5, 5.41) is 16.2. The Morgan fingerprint density at radius 2 is 1.94 bits per heavy atom. The van der Waals surface area contributed by atoms with Gasteiger partial charge in [0.25, 0.3) is 0 Å². The van der Waals surface area contributed by atoms with Crippen LogP contribution in [0.5, 0.6) is 0 Å². The summed E-state index contributed by atoms with van der Waals surface area (Å²) in [6, 6.07) is -0.145. The van der Waals surface area contributed by atoms with Crippen molar-refractivity contribution in [3.63, 3.8) is 0 Å². The van der Waals surface area contributed by atoms with Crippen molar-refractivity contribution in [2.24, 2.45) is 19.8 Å². The van der Waals surface area contributed by atoms with E-state index in [-0.39, 0.29) is 6.04 Å². The van der Waals surface area contributed by atoms with Gasteiger partial charge < -0.3 is 5.73 Å². The molecule has 0 saturated carbocycles. The van der Waals surface area contributed by atoms with E-state index >= 15 is 0 Å². The molecule has 2 aromatic rings. The van der Waals surface area contributed by atoms with Gasteiger partial charge in [0.15, 0.2) is 5.82 Å². The summed E-state index contributed by atoms with van der Waals surface area (Å²) in [5.74, 6) is 0.655. The highest BCUT2D eigenvalue weighted by molar-refractivity contribution is 5.28. The van der Waals surface area contributed by atoms with Crippen LogP contribution in [0, 0.1) is 13.8 Å². The highest BCUT2D eigenvalue weighted by Gasteiger charge is 2.18. The van der Waals surface area contributed by atoms with Crippen molar-refractivity contribution in [2.45, 2.75) is 26.3 Å². The average molecular weight is 235 g/mol. The fourth-order valence-corrected chi connectivity index (χ4v) is 2.03. The van der Waals surface area contributed by atoms with Crippen molar-refractivity contribution in [3.05, 3.63) is 22.8 Å². The minimum absolute atomic E-state index is 0.145. The molecule has 0 aromatic carbocycles. The molecule has 2 heterocycles. The molecule has 0 aliphatic heterocycles. The van der Waals surface area contributed by atoms with E-state index < -0.39 is 0 Å². The number of tetrazole rings is 1. The molecule has 2 N–H and O–H groups in total. The Hall–Kier alpha value is -1.76. The van der Waals surface area contributed by atoms with Gasteiger partial charge >= 0.3 is 0 Å². The second kappa shape index (κ2) is 4.25. The fraction of sp³-hybridized carbons (Fsp3) is 0.600. The second-order valence-electron chi connectivity index (χ2n) is 4.21. The zero-order valence-electron chi connectivity index (χ0n) is 10.5. The summed E-state index contributed by atoms with van der Waals surface area (Å²) in [5.41, 5.74) is 9.29. The molecule has 92 valence electrons. The first kappa shape index (κ1) is 11.7. The zero-order chi connectivity index (χ0) is 12.6. The van der Waals surface area contributed by atoms with E-state index in [2.05, 4.69) is 20.5 Å². The molecule has 17 heavy (non-hydrogen) atoms. The van der Waals surface area contributed by atoms with Crippen LogP contribution in [-0.4, -0.2) is 30.0 Å². The quantitative estimate of drug-likeness (QED) is 0.796. The Balaban J connectivity index is 2.22. The zero-order valence-corrected chi connectivity index (χ0v) is 10.5. The first-order chi connectivity index (χ1) is 7.99. The maximum atomic E-state index is 6.18. The maximum absolute atomic E-state index is 6.18. The number of aromatic nitrogens is 6. The van der Waals surface area contributed by atoms with Crippen LogP contribution >= 0.6 is 0 Å². The SMILES string of the molecule is Cc1nn(C)c(C)c1C(N)Cc1nnn(C)n1. The van der Waals surface area contributed by atoms with Crippen LogP contribution in [0.25, 0.3) is 0 Å². The summed E-state index contributed by atoms with van der Waals surface area (Å²) in [7, 11) is 3.65. The van der Waals surface area contributed by atoms with E-state index in [4.69, 9.17) is 5.73 Å². The van der Waals surface area contributed by atoms with Gasteiger partial charge in [-0.15, -0.1) is 10.2 Å². The molecule has 0 fully saturated rings. The molecular formula is C10H17N7. The van der Waals surface area contributed by atoms with Crippen LogP contribution in [0.2, 0.25) is 0 Å². The Labute approximate surface area is 99.6 Å². The van der Waals surface area contributed by atoms with Gasteiger partial charge in [0.2, 0.25) is 0 Å². The number of hydrogen-bond donors (Lipinski definition) is 1. The fourth-order valence-electron chi connectivity index (χ4n) is 2.03. The number of aryl methyl sites for hydroxylation is 3. The third-order valence-electron chi connectivity index (χ3n) is 2.89. The molecular weight excluding hydrogens is 218 g/mol. The summed E-state index contributed by atoms with van der Waals surface area (Å²) in [4.78, 5) is 1.44. The van der Waals surface area contributed by atoms with E-state index in [1.165, 1.54) is 4.80 Å². The number of hydrogen-bond acceptors (Lipinski definition) is 5. The van der Waals surface area contributed by atoms with Crippen LogP contribution < -0.4 is 5.73 Å². The Bertz CT molecular complexity index is 525. The lowest BCUT2D eigenvalue weighted by Crippen LogP contribution is -2.16. The minimum atomic E-state index is -0.145. The van der Waals surface area contributed by atoms with Crippen LogP contribution in [0.4, 0.5) is 0 Å². The van der Waals surface area contributed by atoms with Gasteiger partial charge in [-0.3, -0.25) is 4.68 Å². The highest BCUT2D eigenvalue weighted by atomic mass is 15.6. The van der Waals surface area contributed by atoms with Crippen molar-refractivity contribution in [2.75, 3.05) is 0 Å². The lowest BCUT2D eigenvalue weighted by atomic mass is 10.0. The van der Waals surface area contributed by atoms with Crippen molar-refractivity contribution in [3.8, 4) is 0 Å².